The molecule has 0 atom stereocenters. The van der Waals surface area contributed by atoms with Crippen LogP contribution in [-0.4, -0.2) is 15.9 Å². The predicted molar refractivity (Wildman–Crippen MR) is 95.0 cm³/mol. The lowest BCUT2D eigenvalue weighted by Gasteiger charge is -2.56. The number of halogens is 1. The first-order valence-electron chi connectivity index (χ1n) is 9.02. The average Bonchev–Trinajstić information content (AvgIpc) is 2.84. The molecule has 0 saturated heterocycles. The number of nitrogens with one attached hydrogen (secondary N) is 2. The fourth-order valence-corrected chi connectivity index (χ4v) is 6.30. The Hall–Kier alpha value is -1.55. The van der Waals surface area contributed by atoms with E-state index >= 15 is 0 Å². The molecular formula is C19H22ClN3O. The highest BCUT2D eigenvalue weighted by Gasteiger charge is 2.51. The zero-order valence-electron chi connectivity index (χ0n) is 13.6. The molecule has 1 heterocycles. The maximum Gasteiger partial charge on any atom is 0.224 e. The van der Waals surface area contributed by atoms with E-state index in [1.54, 1.807) is 0 Å². The van der Waals surface area contributed by atoms with E-state index in [4.69, 9.17) is 11.6 Å². The second-order valence-electron chi connectivity index (χ2n) is 8.40. The van der Waals surface area contributed by atoms with E-state index in [9.17, 15) is 4.79 Å². The van der Waals surface area contributed by atoms with E-state index in [1.807, 2.05) is 18.2 Å². The van der Waals surface area contributed by atoms with Gasteiger partial charge in [0.15, 0.2) is 0 Å². The second kappa shape index (κ2) is 5.22. The number of H-pyrrole nitrogens is 1. The number of hydrogen-bond acceptors (Lipinski definition) is 2. The summed E-state index contributed by atoms with van der Waals surface area (Å²) < 4.78 is 0. The van der Waals surface area contributed by atoms with Crippen molar-refractivity contribution >= 4 is 34.2 Å². The van der Waals surface area contributed by atoms with Gasteiger partial charge in [0.05, 0.1) is 11.0 Å². The number of rotatable bonds is 3. The molecule has 4 bridgehead atoms. The van der Waals surface area contributed by atoms with Gasteiger partial charge in [0.2, 0.25) is 11.2 Å². The van der Waals surface area contributed by atoms with Gasteiger partial charge in [-0.3, -0.25) is 4.79 Å². The van der Waals surface area contributed by atoms with Crippen LogP contribution >= 0.6 is 11.6 Å². The molecule has 2 aromatic rings. The number of carbonyl (C=O) groups excluding carboxylic acids is 1. The van der Waals surface area contributed by atoms with Crippen LogP contribution in [0.5, 0.6) is 0 Å². The average molecular weight is 344 g/mol. The summed E-state index contributed by atoms with van der Waals surface area (Å²) in [5.41, 5.74) is 2.77. The van der Waals surface area contributed by atoms with Crippen LogP contribution in [0.4, 0.5) is 5.69 Å². The topological polar surface area (TPSA) is 57.8 Å². The minimum atomic E-state index is 0.155. The van der Waals surface area contributed by atoms with Gasteiger partial charge in [-0.1, -0.05) is 0 Å². The Balaban J connectivity index is 1.31. The van der Waals surface area contributed by atoms with Crippen molar-refractivity contribution in [2.24, 2.45) is 23.2 Å². The maximum atomic E-state index is 12.7. The summed E-state index contributed by atoms with van der Waals surface area (Å²) in [6.07, 6.45) is 8.72. The second-order valence-corrected chi connectivity index (χ2v) is 8.76. The Morgan fingerprint density at radius 1 is 1.21 bits per heavy atom. The number of hydrogen-bond donors (Lipinski definition) is 2. The Morgan fingerprint density at radius 2 is 1.88 bits per heavy atom. The smallest absolute Gasteiger partial charge is 0.224 e. The molecule has 4 fully saturated rings. The number of aromatic nitrogens is 2. The summed E-state index contributed by atoms with van der Waals surface area (Å²) in [6.45, 7) is 0. The third-order valence-electron chi connectivity index (χ3n) is 6.44. The lowest BCUT2D eigenvalue weighted by Crippen LogP contribution is -2.47. The SMILES string of the molecule is O=C(CC12CC3CC(CC(C3)C1)C2)Nc1ccc2nc(Cl)[nH]c2c1. The van der Waals surface area contributed by atoms with E-state index in [0.29, 0.717) is 11.7 Å². The molecule has 1 amide bonds. The molecule has 4 nitrogen and oxygen atoms in total. The predicted octanol–water partition coefficient (Wildman–Crippen LogP) is 4.76. The molecule has 4 aliphatic rings. The zero-order chi connectivity index (χ0) is 16.3. The standard InChI is InChI=1S/C19H22ClN3O/c20-18-22-15-2-1-14(6-16(15)23-18)21-17(24)10-19-7-11-3-12(8-19)5-13(4-11)9-19/h1-2,6,11-13H,3-5,7-10H2,(H,21,24)(H,22,23). The Bertz CT molecular complexity index is 777. The summed E-state index contributed by atoms with van der Waals surface area (Å²) in [7, 11) is 0. The molecule has 126 valence electrons. The fraction of sp³-hybridized carbons (Fsp3) is 0.579. The number of nitrogens with zero attached hydrogens (tertiary/aromatic N) is 1. The van der Waals surface area contributed by atoms with Gasteiger partial charge in [-0.05, 0) is 91.5 Å². The first-order chi connectivity index (χ1) is 11.6. The minimum Gasteiger partial charge on any atom is -0.329 e. The third kappa shape index (κ3) is 2.52. The summed E-state index contributed by atoms with van der Waals surface area (Å²) in [4.78, 5) is 19.9. The number of imidazole rings is 1. The zero-order valence-corrected chi connectivity index (χ0v) is 14.4. The van der Waals surface area contributed by atoms with Gasteiger partial charge < -0.3 is 10.3 Å². The molecule has 0 spiro atoms. The normalized spacial score (nSPS) is 34.0. The van der Waals surface area contributed by atoms with Gasteiger partial charge in [0.1, 0.15) is 0 Å². The van der Waals surface area contributed by atoms with Crippen molar-refractivity contribution in [2.75, 3.05) is 5.32 Å². The molecule has 0 aliphatic heterocycles. The Labute approximate surface area is 146 Å². The molecule has 4 aliphatic carbocycles. The van der Waals surface area contributed by atoms with Crippen LogP contribution < -0.4 is 5.32 Å². The summed E-state index contributed by atoms with van der Waals surface area (Å²) in [5.74, 6) is 2.80. The molecule has 2 N–H and O–H groups in total. The number of anilines is 1. The number of carbonyl (C=O) groups is 1. The maximum absolute atomic E-state index is 12.7. The monoisotopic (exact) mass is 343 g/mol. The van der Waals surface area contributed by atoms with Crippen molar-refractivity contribution in [3.05, 3.63) is 23.5 Å². The highest BCUT2D eigenvalue weighted by atomic mass is 35.5. The molecule has 1 aromatic carbocycles. The van der Waals surface area contributed by atoms with Crippen LogP contribution in [0.1, 0.15) is 44.9 Å². The van der Waals surface area contributed by atoms with E-state index in [2.05, 4.69) is 15.3 Å². The molecule has 0 unspecified atom stereocenters. The first-order valence-corrected chi connectivity index (χ1v) is 9.40. The van der Waals surface area contributed by atoms with Gasteiger partial charge in [-0.25, -0.2) is 4.98 Å². The molecule has 5 heteroatoms. The lowest BCUT2D eigenvalue weighted by molar-refractivity contribution is -0.124. The van der Waals surface area contributed by atoms with Crippen LogP contribution in [0.3, 0.4) is 0 Å². The van der Waals surface area contributed by atoms with Crippen LogP contribution in [0, 0.1) is 23.2 Å². The van der Waals surface area contributed by atoms with E-state index < -0.39 is 0 Å². The molecular weight excluding hydrogens is 322 g/mol. The van der Waals surface area contributed by atoms with Crippen molar-refractivity contribution in [1.29, 1.82) is 0 Å². The highest BCUT2D eigenvalue weighted by molar-refractivity contribution is 6.29. The molecule has 4 saturated carbocycles. The minimum absolute atomic E-state index is 0.155. The van der Waals surface area contributed by atoms with Crippen LogP contribution in [0.2, 0.25) is 5.28 Å². The number of benzene rings is 1. The van der Waals surface area contributed by atoms with Crippen LogP contribution in [0.15, 0.2) is 18.2 Å². The first kappa shape index (κ1) is 14.8. The van der Waals surface area contributed by atoms with E-state index in [1.165, 1.54) is 38.5 Å². The highest BCUT2D eigenvalue weighted by Crippen LogP contribution is 2.61. The number of aromatic amines is 1. The number of amides is 1. The molecule has 24 heavy (non-hydrogen) atoms. The molecule has 1 aromatic heterocycles. The molecule has 6 rings (SSSR count). The van der Waals surface area contributed by atoms with Gasteiger partial charge in [-0.2, -0.15) is 0 Å². The number of fused-ring (bicyclic) bond motifs is 1. The van der Waals surface area contributed by atoms with Gasteiger partial charge in [0, 0.05) is 12.1 Å². The van der Waals surface area contributed by atoms with Gasteiger partial charge in [0.25, 0.3) is 0 Å². The Morgan fingerprint density at radius 3 is 2.54 bits per heavy atom. The van der Waals surface area contributed by atoms with Crippen molar-refractivity contribution in [3.63, 3.8) is 0 Å². The van der Waals surface area contributed by atoms with Crippen molar-refractivity contribution in [3.8, 4) is 0 Å². The van der Waals surface area contributed by atoms with Crippen LogP contribution in [-0.2, 0) is 4.79 Å². The summed E-state index contributed by atoms with van der Waals surface area (Å²) in [5, 5.41) is 3.47. The summed E-state index contributed by atoms with van der Waals surface area (Å²) in [6, 6.07) is 5.70. The third-order valence-corrected chi connectivity index (χ3v) is 6.62. The van der Waals surface area contributed by atoms with Gasteiger partial charge in [-0.15, -0.1) is 0 Å². The van der Waals surface area contributed by atoms with Gasteiger partial charge >= 0.3 is 0 Å². The van der Waals surface area contributed by atoms with E-state index in [-0.39, 0.29) is 11.3 Å². The van der Waals surface area contributed by atoms with Crippen molar-refractivity contribution < 1.29 is 4.79 Å². The van der Waals surface area contributed by atoms with Crippen molar-refractivity contribution in [1.82, 2.24) is 9.97 Å². The Kier molecular flexibility index (Phi) is 3.21. The van der Waals surface area contributed by atoms with Crippen molar-refractivity contribution in [2.45, 2.75) is 44.9 Å². The summed E-state index contributed by atoms with van der Waals surface area (Å²) >= 11 is 5.89. The van der Waals surface area contributed by atoms with Crippen LogP contribution in [0.25, 0.3) is 11.0 Å². The largest absolute Gasteiger partial charge is 0.329 e. The fourth-order valence-electron chi connectivity index (χ4n) is 6.11. The van der Waals surface area contributed by atoms with E-state index in [0.717, 1.165) is 34.5 Å². The lowest BCUT2D eigenvalue weighted by atomic mass is 9.49. The quantitative estimate of drug-likeness (QED) is 0.844. The molecule has 0 radical (unpaired) electrons.